The molecule has 1 aliphatic heterocycles. The van der Waals surface area contributed by atoms with E-state index < -0.39 is 11.9 Å². The van der Waals surface area contributed by atoms with Crippen LogP contribution in [0.4, 0.5) is 0 Å². The molecular weight excluding hydrogens is 426 g/mol. The molecule has 6 nitrogen and oxygen atoms in total. The molecule has 0 spiro atoms. The van der Waals surface area contributed by atoms with Crippen molar-refractivity contribution >= 4 is 27.7 Å². The number of halogens is 1. The fourth-order valence-electron chi connectivity index (χ4n) is 3.72. The Balaban J connectivity index is 2.20. The molecule has 0 fully saturated rings. The molecule has 0 aromatic heterocycles. The number of aromatic hydroxyl groups is 1. The van der Waals surface area contributed by atoms with Crippen LogP contribution in [0.15, 0.2) is 51.8 Å². The molecule has 7 heteroatoms. The number of hydrogen-bond acceptors (Lipinski definition) is 6. The van der Waals surface area contributed by atoms with Crippen molar-refractivity contribution in [2.75, 3.05) is 13.7 Å². The first kappa shape index (κ1) is 20.2. The molecule has 148 valence electrons. The van der Waals surface area contributed by atoms with E-state index in [1.807, 2.05) is 0 Å². The van der Waals surface area contributed by atoms with Crippen molar-refractivity contribution < 1.29 is 24.2 Å². The van der Waals surface area contributed by atoms with Gasteiger partial charge in [0.2, 0.25) is 0 Å². The molecule has 0 unspecified atom stereocenters. The SMILES string of the molecule is C=CCOC(=O)C1=C(C)NC2=C(C(=O)CCC2)[C@H]1c1cc(Br)c(O)c(OC)c1. The van der Waals surface area contributed by atoms with Crippen LogP contribution in [0, 0.1) is 0 Å². The van der Waals surface area contributed by atoms with Gasteiger partial charge in [0.25, 0.3) is 0 Å². The van der Waals surface area contributed by atoms with E-state index in [9.17, 15) is 14.7 Å². The van der Waals surface area contributed by atoms with E-state index in [4.69, 9.17) is 9.47 Å². The first-order chi connectivity index (χ1) is 13.4. The molecule has 1 heterocycles. The molecule has 1 atom stereocenters. The summed E-state index contributed by atoms with van der Waals surface area (Å²) < 4.78 is 11.0. The highest BCUT2D eigenvalue weighted by Gasteiger charge is 2.39. The monoisotopic (exact) mass is 447 g/mol. The first-order valence-electron chi connectivity index (χ1n) is 8.97. The largest absolute Gasteiger partial charge is 0.503 e. The molecule has 0 bridgehead atoms. The van der Waals surface area contributed by atoms with E-state index in [0.29, 0.717) is 33.3 Å². The number of carbonyl (C=O) groups is 2. The van der Waals surface area contributed by atoms with Crippen LogP contribution in [0.1, 0.15) is 37.7 Å². The summed E-state index contributed by atoms with van der Waals surface area (Å²) >= 11 is 3.33. The maximum atomic E-state index is 12.8. The Morgan fingerprint density at radius 1 is 1.43 bits per heavy atom. The minimum atomic E-state index is -0.604. The average Bonchev–Trinajstić information content (AvgIpc) is 2.67. The standard InChI is InChI=1S/C21H22BrNO5/c1-4-8-28-21(26)17-11(2)23-14-6-5-7-15(24)19(14)18(17)12-9-13(22)20(25)16(10-12)27-3/h4,9-10,18,23,25H,1,5-8H2,2-3H3/t18-/m0/s1. The lowest BCUT2D eigenvalue weighted by molar-refractivity contribution is -0.138. The van der Waals surface area contributed by atoms with Crippen LogP contribution in [0.3, 0.4) is 0 Å². The average molecular weight is 448 g/mol. The number of benzene rings is 1. The van der Waals surface area contributed by atoms with E-state index in [2.05, 4.69) is 27.8 Å². The van der Waals surface area contributed by atoms with E-state index in [0.717, 1.165) is 18.5 Å². The molecule has 28 heavy (non-hydrogen) atoms. The van der Waals surface area contributed by atoms with E-state index in [-0.39, 0.29) is 23.9 Å². The lowest BCUT2D eigenvalue weighted by Crippen LogP contribution is -2.34. The number of Topliss-reactive ketones (excluding diaryl/α,β-unsaturated/α-hetero) is 1. The van der Waals surface area contributed by atoms with E-state index in [1.165, 1.54) is 13.2 Å². The summed E-state index contributed by atoms with van der Waals surface area (Å²) in [4.78, 5) is 25.7. The Morgan fingerprint density at radius 3 is 2.86 bits per heavy atom. The number of phenolic OH excluding ortho intramolecular Hbond substituents is 1. The lowest BCUT2D eigenvalue weighted by Gasteiger charge is -2.34. The van der Waals surface area contributed by atoms with Gasteiger partial charge in [-0.3, -0.25) is 4.79 Å². The number of phenols is 1. The number of ether oxygens (including phenoxy) is 2. The third-order valence-corrected chi connectivity index (χ3v) is 5.54. The molecule has 0 amide bonds. The Bertz CT molecular complexity index is 916. The zero-order chi connectivity index (χ0) is 20.4. The lowest BCUT2D eigenvalue weighted by atomic mass is 9.75. The Morgan fingerprint density at radius 2 is 2.18 bits per heavy atom. The van der Waals surface area contributed by atoms with Crippen molar-refractivity contribution in [2.45, 2.75) is 32.1 Å². The zero-order valence-electron chi connectivity index (χ0n) is 15.8. The number of allylic oxidation sites excluding steroid dienone is 3. The van der Waals surface area contributed by atoms with Crippen molar-refractivity contribution in [1.82, 2.24) is 5.32 Å². The van der Waals surface area contributed by atoms with Gasteiger partial charge in [0.1, 0.15) is 6.61 Å². The Hall–Kier alpha value is -2.54. The second-order valence-corrected chi connectivity index (χ2v) is 7.56. The van der Waals surface area contributed by atoms with Crippen LogP contribution in [0.25, 0.3) is 0 Å². The van der Waals surface area contributed by atoms with Crippen LogP contribution in [0.2, 0.25) is 0 Å². The predicted octanol–water partition coefficient (Wildman–Crippen LogP) is 3.86. The number of rotatable bonds is 5. The highest BCUT2D eigenvalue weighted by Crippen LogP contribution is 2.46. The van der Waals surface area contributed by atoms with E-state index in [1.54, 1.807) is 19.1 Å². The number of methoxy groups -OCH3 is 1. The molecule has 0 saturated carbocycles. The van der Waals surface area contributed by atoms with Crippen LogP contribution in [0.5, 0.6) is 11.5 Å². The summed E-state index contributed by atoms with van der Waals surface area (Å²) in [6, 6.07) is 3.35. The van der Waals surface area contributed by atoms with Gasteiger partial charge in [-0.05, 0) is 53.4 Å². The number of hydrogen-bond donors (Lipinski definition) is 2. The van der Waals surface area contributed by atoms with Crippen molar-refractivity contribution in [2.24, 2.45) is 0 Å². The summed E-state index contributed by atoms with van der Waals surface area (Å²) in [6.45, 7) is 5.45. The number of dihydropyridines is 1. The Kier molecular flexibility index (Phi) is 5.93. The minimum absolute atomic E-state index is 0.00318. The maximum absolute atomic E-state index is 12.8. The molecular formula is C21H22BrNO5. The highest BCUT2D eigenvalue weighted by atomic mass is 79.9. The third-order valence-electron chi connectivity index (χ3n) is 4.93. The topological polar surface area (TPSA) is 84.9 Å². The summed E-state index contributed by atoms with van der Waals surface area (Å²) in [5.74, 6) is -0.899. The van der Waals surface area contributed by atoms with Crippen LogP contribution >= 0.6 is 15.9 Å². The summed E-state index contributed by atoms with van der Waals surface area (Å²) in [5, 5.41) is 13.4. The fourth-order valence-corrected chi connectivity index (χ4v) is 4.18. The minimum Gasteiger partial charge on any atom is -0.503 e. The molecule has 0 radical (unpaired) electrons. The van der Waals surface area contributed by atoms with Gasteiger partial charge < -0.3 is 19.9 Å². The number of esters is 1. The first-order valence-corrected chi connectivity index (χ1v) is 9.76. The van der Waals surface area contributed by atoms with E-state index >= 15 is 0 Å². The maximum Gasteiger partial charge on any atom is 0.337 e. The van der Waals surface area contributed by atoms with Gasteiger partial charge in [-0.2, -0.15) is 0 Å². The van der Waals surface area contributed by atoms with Crippen LogP contribution in [-0.4, -0.2) is 30.6 Å². The van der Waals surface area contributed by atoms with Gasteiger partial charge in [-0.15, -0.1) is 0 Å². The third kappa shape index (κ3) is 3.58. The number of nitrogens with one attached hydrogen (secondary N) is 1. The second kappa shape index (κ2) is 8.22. The van der Waals surface area contributed by atoms with Gasteiger partial charge in [0, 0.05) is 29.3 Å². The summed E-state index contributed by atoms with van der Waals surface area (Å²) in [6.07, 6.45) is 3.43. The van der Waals surface area contributed by atoms with Gasteiger partial charge in [0.15, 0.2) is 17.3 Å². The second-order valence-electron chi connectivity index (χ2n) is 6.71. The molecule has 1 aromatic rings. The predicted molar refractivity (Wildman–Crippen MR) is 108 cm³/mol. The molecule has 1 aromatic carbocycles. The van der Waals surface area contributed by atoms with Gasteiger partial charge in [-0.25, -0.2) is 4.79 Å². The molecule has 3 rings (SSSR count). The summed E-state index contributed by atoms with van der Waals surface area (Å²) in [5.41, 5.74) is 3.09. The number of ketones is 1. The quantitative estimate of drug-likeness (QED) is 0.526. The van der Waals surface area contributed by atoms with Crippen LogP contribution in [-0.2, 0) is 14.3 Å². The number of carbonyl (C=O) groups excluding carboxylic acids is 2. The molecule has 1 aliphatic carbocycles. The Labute approximate surface area is 172 Å². The van der Waals surface area contributed by atoms with Crippen molar-refractivity contribution in [3.05, 3.63) is 57.4 Å². The van der Waals surface area contributed by atoms with Gasteiger partial charge >= 0.3 is 5.97 Å². The van der Waals surface area contributed by atoms with Crippen LogP contribution < -0.4 is 10.1 Å². The highest BCUT2D eigenvalue weighted by molar-refractivity contribution is 9.10. The molecule has 2 aliphatic rings. The van der Waals surface area contributed by atoms with Crippen molar-refractivity contribution in [3.8, 4) is 11.5 Å². The molecule has 2 N–H and O–H groups in total. The van der Waals surface area contributed by atoms with Gasteiger partial charge in [-0.1, -0.05) is 12.7 Å². The zero-order valence-corrected chi connectivity index (χ0v) is 17.4. The smallest absolute Gasteiger partial charge is 0.337 e. The van der Waals surface area contributed by atoms with Crippen molar-refractivity contribution in [1.29, 1.82) is 0 Å². The van der Waals surface area contributed by atoms with Gasteiger partial charge in [0.05, 0.1) is 17.2 Å². The molecule has 0 saturated heterocycles. The van der Waals surface area contributed by atoms with Crippen molar-refractivity contribution in [3.63, 3.8) is 0 Å². The fraction of sp³-hybridized carbons (Fsp3) is 0.333. The summed E-state index contributed by atoms with van der Waals surface area (Å²) in [7, 11) is 1.45. The normalized spacial score (nSPS) is 19.1.